The van der Waals surface area contributed by atoms with Crippen LogP contribution in [0.3, 0.4) is 0 Å². The van der Waals surface area contributed by atoms with Crippen LogP contribution in [0.25, 0.3) is 0 Å². The summed E-state index contributed by atoms with van der Waals surface area (Å²) in [5.74, 6) is -1.05. The predicted octanol–water partition coefficient (Wildman–Crippen LogP) is 1.75. The monoisotopic (exact) mass is 326 g/mol. The lowest BCUT2D eigenvalue weighted by molar-refractivity contribution is -0.385. The Morgan fingerprint density at radius 2 is 1.94 bits per heavy atom. The number of sulfonamides is 1. The number of hydrogen-bond donors (Lipinski definition) is 0. The molecule has 0 aliphatic rings. The average Bonchev–Trinajstić information content (AvgIpc) is 2.20. The molecule has 0 radical (unpaired) electrons. The second kappa shape index (κ2) is 4.67. The molecule has 0 aromatic heterocycles. The van der Waals surface area contributed by atoms with Gasteiger partial charge in [0.2, 0.25) is 10.0 Å². The molecule has 1 aromatic rings. The molecule has 0 fully saturated rings. The van der Waals surface area contributed by atoms with Crippen LogP contribution in [0.15, 0.2) is 21.5 Å². The molecule has 6 nitrogen and oxygen atoms in total. The molecule has 94 valence electrons. The van der Waals surface area contributed by atoms with Crippen molar-refractivity contribution in [1.29, 1.82) is 0 Å². The summed E-state index contributed by atoms with van der Waals surface area (Å²) in [6.07, 6.45) is 0. The Balaban J connectivity index is 3.60. The second-order valence-electron chi connectivity index (χ2n) is 3.28. The van der Waals surface area contributed by atoms with Crippen LogP contribution in [-0.4, -0.2) is 31.7 Å². The predicted molar refractivity (Wildman–Crippen MR) is 61.6 cm³/mol. The van der Waals surface area contributed by atoms with E-state index in [-0.39, 0.29) is 4.47 Å². The van der Waals surface area contributed by atoms with Gasteiger partial charge in [0.05, 0.1) is 9.40 Å². The van der Waals surface area contributed by atoms with Gasteiger partial charge in [0.25, 0.3) is 5.69 Å². The fourth-order valence-corrected chi connectivity index (χ4v) is 2.62. The number of non-ortho nitro benzene ring substituents is 1. The molecule has 1 rings (SSSR count). The second-order valence-corrected chi connectivity index (χ2v) is 6.26. The Kier molecular flexibility index (Phi) is 3.84. The zero-order valence-electron chi connectivity index (χ0n) is 8.85. The summed E-state index contributed by atoms with van der Waals surface area (Å²) >= 11 is 2.74. The highest BCUT2D eigenvalue weighted by molar-refractivity contribution is 9.10. The summed E-state index contributed by atoms with van der Waals surface area (Å²) < 4.78 is 37.6. The Labute approximate surface area is 105 Å². The Morgan fingerprint density at radius 3 is 2.35 bits per heavy atom. The molecule has 0 spiro atoms. The van der Waals surface area contributed by atoms with Crippen LogP contribution in [-0.2, 0) is 10.0 Å². The molecule has 0 unspecified atom stereocenters. The van der Waals surface area contributed by atoms with Crippen LogP contribution in [0, 0.1) is 15.9 Å². The van der Waals surface area contributed by atoms with Crippen LogP contribution in [0.1, 0.15) is 0 Å². The van der Waals surface area contributed by atoms with Crippen molar-refractivity contribution in [1.82, 2.24) is 4.31 Å². The number of benzene rings is 1. The van der Waals surface area contributed by atoms with Gasteiger partial charge in [-0.25, -0.2) is 17.1 Å². The number of nitro groups is 1. The van der Waals surface area contributed by atoms with Crippen molar-refractivity contribution < 1.29 is 17.7 Å². The highest BCUT2D eigenvalue weighted by Gasteiger charge is 2.26. The van der Waals surface area contributed by atoms with E-state index in [0.29, 0.717) is 6.07 Å². The van der Waals surface area contributed by atoms with E-state index >= 15 is 0 Å². The van der Waals surface area contributed by atoms with Gasteiger partial charge in [-0.2, -0.15) is 0 Å². The number of rotatable bonds is 3. The molecule has 0 atom stereocenters. The van der Waals surface area contributed by atoms with Gasteiger partial charge in [-0.05, 0) is 15.9 Å². The minimum atomic E-state index is -4.06. The van der Waals surface area contributed by atoms with Gasteiger partial charge < -0.3 is 0 Å². The van der Waals surface area contributed by atoms with Crippen molar-refractivity contribution in [2.24, 2.45) is 0 Å². The van der Waals surface area contributed by atoms with Crippen LogP contribution >= 0.6 is 15.9 Å². The third-order valence-corrected chi connectivity index (χ3v) is 4.34. The maximum Gasteiger partial charge on any atom is 0.272 e. The van der Waals surface area contributed by atoms with Gasteiger partial charge in [0, 0.05) is 26.2 Å². The van der Waals surface area contributed by atoms with Gasteiger partial charge in [-0.3, -0.25) is 10.1 Å². The summed E-state index contributed by atoms with van der Waals surface area (Å²) in [6.45, 7) is 0. The SMILES string of the molecule is CN(C)S(=O)(=O)c1cc([N+](=O)[O-])cc(Br)c1F. The molecule has 9 heteroatoms. The first kappa shape index (κ1) is 14.0. The summed E-state index contributed by atoms with van der Waals surface area (Å²) in [7, 11) is -1.64. The quantitative estimate of drug-likeness (QED) is 0.626. The number of hydrogen-bond acceptors (Lipinski definition) is 4. The highest BCUT2D eigenvalue weighted by Crippen LogP contribution is 2.29. The largest absolute Gasteiger partial charge is 0.272 e. The van der Waals surface area contributed by atoms with Gasteiger partial charge in [0.1, 0.15) is 4.90 Å². The minimum Gasteiger partial charge on any atom is -0.258 e. The minimum absolute atomic E-state index is 0.271. The van der Waals surface area contributed by atoms with Gasteiger partial charge >= 0.3 is 0 Å². The van der Waals surface area contributed by atoms with Crippen molar-refractivity contribution in [3.63, 3.8) is 0 Å². The first-order valence-electron chi connectivity index (χ1n) is 4.24. The standard InChI is InChI=1S/C8H8BrFN2O4S/c1-11(2)17(15,16)7-4-5(12(13)14)3-6(9)8(7)10/h3-4H,1-2H3. The topological polar surface area (TPSA) is 80.5 Å². The number of nitrogens with zero attached hydrogens (tertiary/aromatic N) is 2. The number of nitro benzene ring substituents is 1. The lowest BCUT2D eigenvalue weighted by Crippen LogP contribution is -2.23. The molecule has 0 saturated heterocycles. The molecule has 0 aliphatic carbocycles. The van der Waals surface area contributed by atoms with Crippen molar-refractivity contribution in [2.75, 3.05) is 14.1 Å². The van der Waals surface area contributed by atoms with E-state index in [2.05, 4.69) is 15.9 Å². The van der Waals surface area contributed by atoms with Crippen LogP contribution in [0.2, 0.25) is 0 Å². The normalized spacial score (nSPS) is 11.8. The summed E-state index contributed by atoms with van der Waals surface area (Å²) in [4.78, 5) is 9.04. The Hall–Kier alpha value is -1.06. The summed E-state index contributed by atoms with van der Waals surface area (Å²) in [5.41, 5.74) is -0.501. The third kappa shape index (κ3) is 2.61. The summed E-state index contributed by atoms with van der Waals surface area (Å²) in [6, 6.07) is 1.60. The molecular weight excluding hydrogens is 319 g/mol. The smallest absolute Gasteiger partial charge is 0.258 e. The third-order valence-electron chi connectivity index (χ3n) is 1.95. The number of halogens is 2. The van der Waals surface area contributed by atoms with Crippen LogP contribution < -0.4 is 0 Å². The molecule has 0 amide bonds. The summed E-state index contributed by atoms with van der Waals surface area (Å²) in [5, 5.41) is 10.6. The molecular formula is C8H8BrFN2O4S. The van der Waals surface area contributed by atoms with Crippen molar-refractivity contribution >= 4 is 31.6 Å². The maximum atomic E-state index is 13.6. The first-order chi connectivity index (χ1) is 7.67. The molecule has 0 N–H and O–H groups in total. The van der Waals surface area contributed by atoms with E-state index in [1.165, 1.54) is 14.1 Å². The van der Waals surface area contributed by atoms with E-state index in [4.69, 9.17) is 0 Å². The fraction of sp³-hybridized carbons (Fsp3) is 0.250. The maximum absolute atomic E-state index is 13.6. The molecule has 17 heavy (non-hydrogen) atoms. The lowest BCUT2D eigenvalue weighted by Gasteiger charge is -2.12. The van der Waals surface area contributed by atoms with Crippen LogP contribution in [0.4, 0.5) is 10.1 Å². The Morgan fingerprint density at radius 1 is 1.41 bits per heavy atom. The highest BCUT2D eigenvalue weighted by atomic mass is 79.9. The van der Waals surface area contributed by atoms with Gasteiger partial charge in [-0.15, -0.1) is 0 Å². The van der Waals surface area contributed by atoms with E-state index in [1.807, 2.05) is 0 Å². The average molecular weight is 327 g/mol. The molecule has 0 heterocycles. The van der Waals surface area contributed by atoms with E-state index in [9.17, 15) is 22.9 Å². The van der Waals surface area contributed by atoms with E-state index in [1.54, 1.807) is 0 Å². The van der Waals surface area contributed by atoms with Crippen molar-refractivity contribution in [3.8, 4) is 0 Å². The lowest BCUT2D eigenvalue weighted by atomic mass is 10.3. The molecule has 1 aromatic carbocycles. The molecule has 0 aliphatic heterocycles. The molecule has 0 bridgehead atoms. The zero-order chi connectivity index (χ0) is 13.4. The molecule has 0 saturated carbocycles. The van der Waals surface area contributed by atoms with E-state index in [0.717, 1.165) is 10.4 Å². The van der Waals surface area contributed by atoms with E-state index < -0.39 is 31.3 Å². The first-order valence-corrected chi connectivity index (χ1v) is 6.47. The zero-order valence-corrected chi connectivity index (χ0v) is 11.2. The van der Waals surface area contributed by atoms with Crippen molar-refractivity contribution in [2.45, 2.75) is 4.90 Å². The van der Waals surface area contributed by atoms with Gasteiger partial charge in [0.15, 0.2) is 5.82 Å². The van der Waals surface area contributed by atoms with Crippen LogP contribution in [0.5, 0.6) is 0 Å². The van der Waals surface area contributed by atoms with Gasteiger partial charge in [-0.1, -0.05) is 0 Å². The van der Waals surface area contributed by atoms with Crippen molar-refractivity contribution in [3.05, 3.63) is 32.5 Å². The fourth-order valence-electron chi connectivity index (χ4n) is 1.04. The Bertz CT molecular complexity index is 573.